The van der Waals surface area contributed by atoms with Crippen molar-refractivity contribution in [3.05, 3.63) is 53.2 Å². The number of anilines is 2. The number of nitrogens with one attached hydrogen (secondary N) is 1. The Bertz CT molecular complexity index is 1120. The van der Waals surface area contributed by atoms with Crippen LogP contribution in [0.1, 0.15) is 24.8 Å². The summed E-state index contributed by atoms with van der Waals surface area (Å²) in [5, 5.41) is 11.4. The molecule has 1 amide bonds. The second-order valence-electron chi connectivity index (χ2n) is 7.39. The quantitative estimate of drug-likeness (QED) is 0.481. The predicted octanol–water partition coefficient (Wildman–Crippen LogP) is 5.06. The van der Waals surface area contributed by atoms with Crippen molar-refractivity contribution in [2.45, 2.75) is 30.6 Å². The van der Waals surface area contributed by atoms with Crippen LogP contribution < -0.4 is 10.2 Å². The first-order valence-corrected chi connectivity index (χ1v) is 11.6. The van der Waals surface area contributed by atoms with Crippen molar-refractivity contribution in [2.75, 3.05) is 29.1 Å². The fourth-order valence-electron chi connectivity index (χ4n) is 3.44. The molecular weight excluding hydrogens is 477 g/mol. The number of aromatic nitrogens is 4. The highest BCUT2D eigenvalue weighted by atomic mass is 35.5. The molecule has 0 aliphatic carbocycles. The third-order valence-corrected chi connectivity index (χ3v) is 6.25. The van der Waals surface area contributed by atoms with Crippen molar-refractivity contribution in [3.8, 4) is 5.69 Å². The molecule has 174 valence electrons. The Morgan fingerprint density at radius 3 is 2.52 bits per heavy atom. The molecule has 3 heterocycles. The minimum Gasteiger partial charge on any atom is -0.341 e. The number of alkyl halides is 3. The van der Waals surface area contributed by atoms with Gasteiger partial charge in [0.05, 0.1) is 22.0 Å². The molecule has 3 aromatic rings. The van der Waals surface area contributed by atoms with E-state index in [0.29, 0.717) is 11.4 Å². The summed E-state index contributed by atoms with van der Waals surface area (Å²) in [6, 6.07) is 10.3. The molecule has 2 aromatic heterocycles. The summed E-state index contributed by atoms with van der Waals surface area (Å²) >= 11 is 7.04. The van der Waals surface area contributed by atoms with E-state index in [2.05, 4.69) is 25.4 Å². The lowest BCUT2D eigenvalue weighted by atomic mass is 10.1. The Balaban J connectivity index is 1.49. The zero-order valence-corrected chi connectivity index (χ0v) is 18.9. The number of benzene rings is 1. The van der Waals surface area contributed by atoms with E-state index in [0.717, 1.165) is 43.6 Å². The van der Waals surface area contributed by atoms with Gasteiger partial charge in [0.25, 0.3) is 0 Å². The summed E-state index contributed by atoms with van der Waals surface area (Å²) in [5.41, 5.74) is -0.112. The first-order chi connectivity index (χ1) is 15.8. The third kappa shape index (κ3) is 5.59. The van der Waals surface area contributed by atoms with Gasteiger partial charge >= 0.3 is 6.18 Å². The van der Waals surface area contributed by atoms with Gasteiger partial charge in [-0.05, 0) is 37.5 Å². The molecule has 0 radical (unpaired) electrons. The van der Waals surface area contributed by atoms with Gasteiger partial charge in [0.2, 0.25) is 11.9 Å². The molecular formula is C21H20ClF3N6OS. The predicted molar refractivity (Wildman–Crippen MR) is 121 cm³/mol. The van der Waals surface area contributed by atoms with Crippen molar-refractivity contribution in [2.24, 2.45) is 0 Å². The fraction of sp³-hybridized carbons (Fsp3) is 0.333. The van der Waals surface area contributed by atoms with E-state index in [1.807, 2.05) is 34.9 Å². The van der Waals surface area contributed by atoms with E-state index in [1.165, 1.54) is 18.2 Å². The Morgan fingerprint density at radius 2 is 1.85 bits per heavy atom. The average molecular weight is 497 g/mol. The molecule has 12 heteroatoms. The molecule has 1 saturated heterocycles. The standard InChI is InChI=1S/C21H20ClF3N6OS/c22-16-11-14(21(23,24)25)12-26-18(16)27-17(32)13-33-20-29-28-19(30-9-5-2-6-10-30)31(20)15-7-3-1-4-8-15/h1,3-4,7-8,11-12H,2,5-6,9-10,13H2,(H,26,27,32). The maximum absolute atomic E-state index is 12.8. The van der Waals surface area contributed by atoms with Gasteiger partial charge in [-0.25, -0.2) is 4.98 Å². The third-order valence-electron chi connectivity index (χ3n) is 5.03. The molecule has 1 aliphatic heterocycles. The second-order valence-corrected chi connectivity index (χ2v) is 8.74. The second kappa shape index (κ2) is 10.0. The van der Waals surface area contributed by atoms with Gasteiger partial charge in [0, 0.05) is 19.3 Å². The minimum atomic E-state index is -4.57. The van der Waals surface area contributed by atoms with E-state index >= 15 is 0 Å². The van der Waals surface area contributed by atoms with Crippen molar-refractivity contribution in [3.63, 3.8) is 0 Å². The number of carbonyl (C=O) groups is 1. The smallest absolute Gasteiger partial charge is 0.341 e. The van der Waals surface area contributed by atoms with Crippen LogP contribution in [0.4, 0.5) is 24.9 Å². The van der Waals surface area contributed by atoms with Crippen LogP contribution in [0.25, 0.3) is 5.69 Å². The lowest BCUT2D eigenvalue weighted by Crippen LogP contribution is -2.31. The first kappa shape index (κ1) is 23.4. The molecule has 0 atom stereocenters. The van der Waals surface area contributed by atoms with E-state index in [4.69, 9.17) is 11.6 Å². The number of hydrogen-bond acceptors (Lipinski definition) is 6. The lowest BCUT2D eigenvalue weighted by molar-refractivity contribution is -0.137. The molecule has 33 heavy (non-hydrogen) atoms. The number of amides is 1. The van der Waals surface area contributed by atoms with Crippen molar-refractivity contribution in [1.82, 2.24) is 19.7 Å². The van der Waals surface area contributed by atoms with Gasteiger partial charge in [-0.2, -0.15) is 13.2 Å². The van der Waals surface area contributed by atoms with Gasteiger partial charge in [-0.15, -0.1) is 10.2 Å². The summed E-state index contributed by atoms with van der Waals surface area (Å²) in [5.74, 6) is 0.0608. The van der Waals surface area contributed by atoms with Crippen molar-refractivity contribution >= 4 is 41.0 Å². The SMILES string of the molecule is O=C(CSc1nnc(N2CCCCC2)n1-c1ccccc1)Nc1ncc(C(F)(F)F)cc1Cl. The monoisotopic (exact) mass is 496 g/mol. The van der Waals surface area contributed by atoms with Crippen LogP contribution in [0.3, 0.4) is 0 Å². The zero-order valence-electron chi connectivity index (χ0n) is 17.3. The number of hydrogen-bond donors (Lipinski definition) is 1. The van der Waals surface area contributed by atoms with E-state index < -0.39 is 17.6 Å². The summed E-state index contributed by atoms with van der Waals surface area (Å²) in [7, 11) is 0. The van der Waals surface area contributed by atoms with Gasteiger partial charge in [0.1, 0.15) is 0 Å². The number of carbonyl (C=O) groups excluding carboxylic acids is 1. The Hall–Kier alpha value is -2.79. The fourth-order valence-corrected chi connectivity index (χ4v) is 4.40. The molecule has 1 N–H and O–H groups in total. The highest BCUT2D eigenvalue weighted by Gasteiger charge is 2.31. The van der Waals surface area contributed by atoms with Crippen LogP contribution in [-0.4, -0.2) is 44.5 Å². The highest BCUT2D eigenvalue weighted by Crippen LogP contribution is 2.33. The largest absolute Gasteiger partial charge is 0.417 e. The highest BCUT2D eigenvalue weighted by molar-refractivity contribution is 7.99. The number of para-hydroxylation sites is 1. The molecule has 1 aromatic carbocycles. The van der Waals surface area contributed by atoms with E-state index in [1.54, 1.807) is 0 Å². The molecule has 0 bridgehead atoms. The lowest BCUT2D eigenvalue weighted by Gasteiger charge is -2.27. The number of halogens is 4. The molecule has 0 saturated carbocycles. The van der Waals surface area contributed by atoms with Gasteiger partial charge < -0.3 is 10.2 Å². The van der Waals surface area contributed by atoms with Crippen molar-refractivity contribution in [1.29, 1.82) is 0 Å². The Labute approximate surface area is 197 Å². The number of rotatable bonds is 6. The topological polar surface area (TPSA) is 75.9 Å². The summed E-state index contributed by atoms with van der Waals surface area (Å²) < 4.78 is 40.2. The Morgan fingerprint density at radius 1 is 1.12 bits per heavy atom. The zero-order chi connectivity index (χ0) is 23.4. The average Bonchev–Trinajstić information content (AvgIpc) is 3.23. The maximum Gasteiger partial charge on any atom is 0.417 e. The number of pyridine rings is 1. The molecule has 1 fully saturated rings. The van der Waals surface area contributed by atoms with Crippen LogP contribution in [-0.2, 0) is 11.0 Å². The summed E-state index contributed by atoms with van der Waals surface area (Å²) in [6.45, 7) is 1.77. The van der Waals surface area contributed by atoms with Gasteiger partial charge in [-0.3, -0.25) is 9.36 Å². The van der Waals surface area contributed by atoms with Crippen LogP contribution >= 0.6 is 23.4 Å². The molecule has 0 unspecified atom stereocenters. The summed E-state index contributed by atoms with van der Waals surface area (Å²) in [6.07, 6.45) is -0.604. The normalized spacial score (nSPS) is 14.4. The molecule has 4 rings (SSSR count). The number of piperidine rings is 1. The maximum atomic E-state index is 12.8. The van der Waals surface area contributed by atoms with Gasteiger partial charge in [0.15, 0.2) is 11.0 Å². The van der Waals surface area contributed by atoms with Crippen molar-refractivity contribution < 1.29 is 18.0 Å². The summed E-state index contributed by atoms with van der Waals surface area (Å²) in [4.78, 5) is 18.3. The van der Waals surface area contributed by atoms with Crippen LogP contribution in [0.15, 0.2) is 47.8 Å². The minimum absolute atomic E-state index is 0.0516. The van der Waals surface area contributed by atoms with Crippen LogP contribution in [0.2, 0.25) is 5.02 Å². The van der Waals surface area contributed by atoms with E-state index in [-0.39, 0.29) is 16.6 Å². The molecule has 0 spiro atoms. The number of nitrogens with zero attached hydrogens (tertiary/aromatic N) is 5. The molecule has 1 aliphatic rings. The van der Waals surface area contributed by atoms with Crippen LogP contribution in [0, 0.1) is 0 Å². The number of thioether (sulfide) groups is 1. The first-order valence-electron chi connectivity index (χ1n) is 10.2. The Kier molecular flexibility index (Phi) is 7.08. The molecule has 7 nitrogen and oxygen atoms in total. The van der Waals surface area contributed by atoms with Gasteiger partial charge in [-0.1, -0.05) is 41.6 Å². The van der Waals surface area contributed by atoms with Crippen LogP contribution in [0.5, 0.6) is 0 Å². The van der Waals surface area contributed by atoms with E-state index in [9.17, 15) is 18.0 Å².